The van der Waals surface area contributed by atoms with Gasteiger partial charge in [-0.3, -0.25) is 14.5 Å². The van der Waals surface area contributed by atoms with Crippen LogP contribution in [0.3, 0.4) is 0 Å². The van der Waals surface area contributed by atoms with E-state index in [1.54, 1.807) is 4.90 Å². The summed E-state index contributed by atoms with van der Waals surface area (Å²) in [4.78, 5) is 30.3. The van der Waals surface area contributed by atoms with Crippen molar-refractivity contribution in [2.75, 3.05) is 39.3 Å². The summed E-state index contributed by atoms with van der Waals surface area (Å²) in [5, 5.41) is 0. The van der Waals surface area contributed by atoms with E-state index >= 15 is 0 Å². The van der Waals surface area contributed by atoms with Crippen LogP contribution >= 0.6 is 0 Å². The van der Waals surface area contributed by atoms with Gasteiger partial charge >= 0.3 is 0 Å². The van der Waals surface area contributed by atoms with Crippen molar-refractivity contribution < 1.29 is 14.3 Å². The number of hydrogen-bond acceptors (Lipinski definition) is 4. The van der Waals surface area contributed by atoms with Gasteiger partial charge in [0.15, 0.2) is 0 Å². The second kappa shape index (κ2) is 7.42. The van der Waals surface area contributed by atoms with Gasteiger partial charge in [0.1, 0.15) is 5.69 Å². The summed E-state index contributed by atoms with van der Waals surface area (Å²) < 4.78 is 5.54. The van der Waals surface area contributed by atoms with Crippen molar-refractivity contribution in [2.24, 2.45) is 5.73 Å². The summed E-state index contributed by atoms with van der Waals surface area (Å²) in [6, 6.07) is 1.51. The molecule has 0 spiro atoms. The zero-order valence-corrected chi connectivity index (χ0v) is 13.2. The van der Waals surface area contributed by atoms with Gasteiger partial charge in [0.25, 0.3) is 5.91 Å². The Morgan fingerprint density at radius 1 is 1.32 bits per heavy atom. The number of piperazine rings is 1. The molecule has 1 fully saturated rings. The van der Waals surface area contributed by atoms with Crippen molar-refractivity contribution in [2.45, 2.75) is 20.0 Å². The Bertz CT molecular complexity index is 519. The van der Waals surface area contributed by atoms with Gasteiger partial charge in [-0.2, -0.15) is 0 Å². The number of primary amides is 1. The van der Waals surface area contributed by atoms with E-state index in [1.165, 1.54) is 12.3 Å². The first kappa shape index (κ1) is 16.5. The summed E-state index contributed by atoms with van der Waals surface area (Å²) in [6.45, 7) is 8.64. The minimum absolute atomic E-state index is 0.0921. The van der Waals surface area contributed by atoms with Gasteiger partial charge in [-0.1, -0.05) is 0 Å². The molecular formula is C15H24N4O3. The second-order valence-electron chi connectivity index (χ2n) is 5.72. The minimum atomic E-state index is -0.537. The Morgan fingerprint density at radius 2 is 2.00 bits per heavy atom. The molecule has 0 aromatic carbocycles. The number of carbonyl (C=O) groups excluding carboxylic acids is 2. The number of H-pyrrole nitrogens is 1. The Balaban J connectivity index is 1.80. The number of hydrogen-bond donors (Lipinski definition) is 2. The molecule has 2 amide bonds. The van der Waals surface area contributed by atoms with Crippen LogP contribution in [0.1, 0.15) is 34.7 Å². The van der Waals surface area contributed by atoms with Gasteiger partial charge in [-0.05, 0) is 19.9 Å². The fourth-order valence-corrected chi connectivity index (χ4v) is 2.42. The van der Waals surface area contributed by atoms with Crippen molar-refractivity contribution in [3.63, 3.8) is 0 Å². The van der Waals surface area contributed by atoms with Gasteiger partial charge < -0.3 is 20.4 Å². The molecule has 1 aromatic heterocycles. The lowest BCUT2D eigenvalue weighted by molar-refractivity contribution is 0.0405. The van der Waals surface area contributed by atoms with Gasteiger partial charge in [0.05, 0.1) is 18.3 Å². The van der Waals surface area contributed by atoms with Crippen LogP contribution in [0.4, 0.5) is 0 Å². The number of ether oxygens (including phenoxy) is 1. The van der Waals surface area contributed by atoms with E-state index in [0.29, 0.717) is 31.0 Å². The number of amides is 2. The predicted octanol–water partition coefficient (Wildman–Crippen LogP) is 0.296. The summed E-state index contributed by atoms with van der Waals surface area (Å²) in [7, 11) is 0. The van der Waals surface area contributed by atoms with Crippen LogP contribution in [0.15, 0.2) is 12.3 Å². The molecule has 22 heavy (non-hydrogen) atoms. The summed E-state index contributed by atoms with van der Waals surface area (Å²) >= 11 is 0. The highest BCUT2D eigenvalue weighted by Gasteiger charge is 2.23. The largest absolute Gasteiger partial charge is 0.377 e. The molecule has 0 saturated carbocycles. The van der Waals surface area contributed by atoms with Crippen LogP contribution in [-0.2, 0) is 4.74 Å². The number of rotatable bonds is 6. The summed E-state index contributed by atoms with van der Waals surface area (Å²) in [5.41, 5.74) is 5.92. The number of aromatic amines is 1. The summed E-state index contributed by atoms with van der Waals surface area (Å²) in [5.74, 6) is -0.629. The minimum Gasteiger partial charge on any atom is -0.377 e. The highest BCUT2D eigenvalue weighted by atomic mass is 16.5. The molecule has 7 nitrogen and oxygen atoms in total. The predicted molar refractivity (Wildman–Crippen MR) is 82.7 cm³/mol. The van der Waals surface area contributed by atoms with E-state index in [9.17, 15) is 9.59 Å². The fraction of sp³-hybridized carbons (Fsp3) is 0.600. The Morgan fingerprint density at radius 3 is 2.55 bits per heavy atom. The van der Waals surface area contributed by atoms with Crippen LogP contribution in [0.25, 0.3) is 0 Å². The van der Waals surface area contributed by atoms with Crippen molar-refractivity contribution in [3.05, 3.63) is 23.5 Å². The maximum atomic E-state index is 12.3. The zero-order valence-electron chi connectivity index (χ0n) is 13.2. The Kier molecular flexibility index (Phi) is 5.57. The number of carbonyl (C=O) groups is 2. The maximum absolute atomic E-state index is 12.3. The molecule has 3 N–H and O–H groups in total. The molecule has 122 valence electrons. The third kappa shape index (κ3) is 4.32. The molecule has 1 saturated heterocycles. The van der Waals surface area contributed by atoms with E-state index in [1.807, 2.05) is 13.8 Å². The lowest BCUT2D eigenvalue weighted by Crippen LogP contribution is -2.49. The zero-order chi connectivity index (χ0) is 16.1. The van der Waals surface area contributed by atoms with Gasteiger partial charge in [-0.25, -0.2) is 0 Å². The fourth-order valence-electron chi connectivity index (χ4n) is 2.42. The quantitative estimate of drug-likeness (QED) is 0.790. The Hall–Kier alpha value is -1.86. The monoisotopic (exact) mass is 308 g/mol. The van der Waals surface area contributed by atoms with Crippen LogP contribution in [0, 0.1) is 0 Å². The van der Waals surface area contributed by atoms with Crippen LogP contribution in [0.2, 0.25) is 0 Å². The average molecular weight is 308 g/mol. The highest BCUT2D eigenvalue weighted by molar-refractivity contribution is 5.98. The van der Waals surface area contributed by atoms with Crippen molar-refractivity contribution >= 4 is 11.8 Å². The smallest absolute Gasteiger partial charge is 0.270 e. The normalized spacial score (nSPS) is 16.2. The number of aromatic nitrogens is 1. The van der Waals surface area contributed by atoms with Crippen molar-refractivity contribution in [1.29, 1.82) is 0 Å². The molecule has 2 heterocycles. The average Bonchev–Trinajstić information content (AvgIpc) is 2.97. The first-order valence-electron chi connectivity index (χ1n) is 7.59. The van der Waals surface area contributed by atoms with Crippen LogP contribution < -0.4 is 5.73 Å². The first-order valence-corrected chi connectivity index (χ1v) is 7.59. The lowest BCUT2D eigenvalue weighted by atomic mass is 10.2. The molecule has 1 aliphatic heterocycles. The first-order chi connectivity index (χ1) is 10.5. The standard InChI is InChI=1S/C15H24N4O3/c1-11(2)22-8-7-18-3-5-19(6-4-18)15(21)13-9-12(10-17-13)14(16)20/h9-11,17H,3-8H2,1-2H3,(H2,16,20). The molecule has 7 heteroatoms. The molecular weight excluding hydrogens is 284 g/mol. The van der Waals surface area contributed by atoms with Crippen molar-refractivity contribution in [1.82, 2.24) is 14.8 Å². The van der Waals surface area contributed by atoms with Crippen LogP contribution in [0.5, 0.6) is 0 Å². The molecule has 0 aliphatic carbocycles. The summed E-state index contributed by atoms with van der Waals surface area (Å²) in [6.07, 6.45) is 1.71. The van der Waals surface area contributed by atoms with Gasteiger partial charge in [-0.15, -0.1) is 0 Å². The molecule has 1 aromatic rings. The van der Waals surface area contributed by atoms with Crippen molar-refractivity contribution in [3.8, 4) is 0 Å². The second-order valence-corrected chi connectivity index (χ2v) is 5.72. The van der Waals surface area contributed by atoms with Crippen LogP contribution in [-0.4, -0.2) is 72.0 Å². The molecule has 2 rings (SSSR count). The third-order valence-electron chi connectivity index (χ3n) is 3.72. The van der Waals surface area contributed by atoms with Gasteiger partial charge in [0, 0.05) is 38.9 Å². The van der Waals surface area contributed by atoms with E-state index in [0.717, 1.165) is 19.6 Å². The van der Waals surface area contributed by atoms with E-state index < -0.39 is 5.91 Å². The number of nitrogens with zero attached hydrogens (tertiary/aromatic N) is 2. The Labute approximate surface area is 130 Å². The van der Waals surface area contributed by atoms with Gasteiger partial charge in [0.2, 0.25) is 5.91 Å². The highest BCUT2D eigenvalue weighted by Crippen LogP contribution is 2.09. The molecule has 1 aliphatic rings. The molecule has 0 unspecified atom stereocenters. The SMILES string of the molecule is CC(C)OCCN1CCN(C(=O)c2cc(C(N)=O)c[nH]2)CC1. The maximum Gasteiger partial charge on any atom is 0.270 e. The molecule has 0 atom stereocenters. The van der Waals surface area contributed by atoms with E-state index in [4.69, 9.17) is 10.5 Å². The molecule has 0 bridgehead atoms. The topological polar surface area (TPSA) is 91.7 Å². The van der Waals surface area contributed by atoms with E-state index in [2.05, 4.69) is 9.88 Å². The number of nitrogens with two attached hydrogens (primary N) is 1. The van der Waals surface area contributed by atoms with E-state index in [-0.39, 0.29) is 12.0 Å². The third-order valence-corrected chi connectivity index (χ3v) is 3.72. The lowest BCUT2D eigenvalue weighted by Gasteiger charge is -2.34. The molecule has 0 radical (unpaired) electrons. The number of nitrogens with one attached hydrogen (secondary N) is 1.